The van der Waals surface area contributed by atoms with E-state index in [0.717, 1.165) is 11.1 Å². The lowest BCUT2D eigenvalue weighted by molar-refractivity contribution is -0.0937. The number of benzene rings is 2. The molecule has 1 aliphatic rings. The number of hydrogen-bond donors (Lipinski definition) is 0. The maximum Gasteiger partial charge on any atom is 0.220 e. The summed E-state index contributed by atoms with van der Waals surface area (Å²) in [7, 11) is 0. The smallest absolute Gasteiger partial charge is 0.220 e. The highest BCUT2D eigenvalue weighted by Gasteiger charge is 2.54. The first kappa shape index (κ1) is 24.0. The lowest BCUT2D eigenvalue weighted by Crippen LogP contribution is -2.44. The van der Waals surface area contributed by atoms with Crippen LogP contribution in [0.1, 0.15) is 24.5 Å². The fourth-order valence-electron chi connectivity index (χ4n) is 3.77. The lowest BCUT2D eigenvalue weighted by atomic mass is 9.93. The van der Waals surface area contributed by atoms with Crippen LogP contribution in [0.3, 0.4) is 0 Å². The Bertz CT molecular complexity index is 830. The van der Waals surface area contributed by atoms with Crippen molar-refractivity contribution in [1.82, 2.24) is 0 Å². The Labute approximate surface area is 194 Å². The Kier molecular flexibility index (Phi) is 9.11. The van der Waals surface area contributed by atoms with Crippen LogP contribution in [0, 0.1) is 0 Å². The SMILES string of the molecule is C=CC[C@@]1(C)O[C@@H](COCc2ccccc2)[C@@H](OCc2ccccc2)[C@@H]1OC(=S)SC. The average Bonchev–Trinajstić information content (AvgIpc) is 3.04. The van der Waals surface area contributed by atoms with Gasteiger partial charge in [0.1, 0.15) is 17.8 Å². The zero-order valence-corrected chi connectivity index (χ0v) is 19.7. The van der Waals surface area contributed by atoms with Crippen LogP contribution >= 0.6 is 24.0 Å². The van der Waals surface area contributed by atoms with Crippen molar-refractivity contribution < 1.29 is 18.9 Å². The van der Waals surface area contributed by atoms with Gasteiger partial charge in [-0.3, -0.25) is 0 Å². The average molecular weight is 459 g/mol. The largest absolute Gasteiger partial charge is 0.469 e. The Morgan fingerprint density at radius 3 is 2.29 bits per heavy atom. The molecule has 0 unspecified atom stereocenters. The van der Waals surface area contributed by atoms with Gasteiger partial charge in [0.15, 0.2) is 6.10 Å². The molecule has 2 aromatic rings. The van der Waals surface area contributed by atoms with Gasteiger partial charge in [-0.1, -0.05) is 78.5 Å². The molecule has 6 heteroatoms. The molecule has 0 bridgehead atoms. The molecule has 1 saturated heterocycles. The Morgan fingerprint density at radius 1 is 1.10 bits per heavy atom. The summed E-state index contributed by atoms with van der Waals surface area (Å²) in [4.78, 5) is 0. The highest BCUT2D eigenvalue weighted by Crippen LogP contribution is 2.39. The first-order chi connectivity index (χ1) is 15.1. The van der Waals surface area contributed by atoms with Gasteiger partial charge >= 0.3 is 0 Å². The van der Waals surface area contributed by atoms with E-state index in [1.165, 1.54) is 11.8 Å². The van der Waals surface area contributed by atoms with Crippen molar-refractivity contribution in [2.45, 2.75) is 50.5 Å². The minimum atomic E-state index is -0.607. The standard InChI is InChI=1S/C25H30O4S2/c1-4-15-25(2)23(28-24(30)31-3)22(27-17-20-13-9-6-10-14-20)21(29-25)18-26-16-19-11-7-5-8-12-19/h4-14,21-23H,1,15-18H2,2-3H3/t21-,22+,23-,25+/m0/s1. The van der Waals surface area contributed by atoms with E-state index in [-0.39, 0.29) is 18.3 Å². The summed E-state index contributed by atoms with van der Waals surface area (Å²) in [5.41, 5.74) is 1.60. The fraction of sp³-hybridized carbons (Fsp3) is 0.400. The van der Waals surface area contributed by atoms with E-state index in [2.05, 4.69) is 6.58 Å². The van der Waals surface area contributed by atoms with Crippen LogP contribution in [0.2, 0.25) is 0 Å². The van der Waals surface area contributed by atoms with E-state index in [1.54, 1.807) is 0 Å². The van der Waals surface area contributed by atoms with Gasteiger partial charge in [-0.2, -0.15) is 0 Å². The molecule has 0 aliphatic carbocycles. The number of thiocarbonyl (C=S) groups is 1. The van der Waals surface area contributed by atoms with Crippen molar-refractivity contribution in [2.75, 3.05) is 12.9 Å². The van der Waals surface area contributed by atoms with Gasteiger partial charge in [-0.15, -0.1) is 6.58 Å². The van der Waals surface area contributed by atoms with Crippen molar-refractivity contribution in [3.63, 3.8) is 0 Å². The van der Waals surface area contributed by atoms with Gasteiger partial charge in [0.25, 0.3) is 0 Å². The van der Waals surface area contributed by atoms with Gasteiger partial charge in [0, 0.05) is 0 Å². The second kappa shape index (κ2) is 11.8. The highest BCUT2D eigenvalue weighted by molar-refractivity contribution is 8.22. The van der Waals surface area contributed by atoms with Gasteiger partial charge in [0.05, 0.1) is 19.8 Å². The number of rotatable bonds is 10. The van der Waals surface area contributed by atoms with Gasteiger partial charge < -0.3 is 18.9 Å². The zero-order valence-electron chi connectivity index (χ0n) is 18.1. The summed E-state index contributed by atoms with van der Waals surface area (Å²) in [6.45, 7) is 7.30. The first-order valence-electron chi connectivity index (χ1n) is 10.4. The van der Waals surface area contributed by atoms with Crippen LogP contribution in [0.25, 0.3) is 0 Å². The molecule has 4 nitrogen and oxygen atoms in total. The number of hydrogen-bond acceptors (Lipinski definition) is 6. The first-order valence-corrected chi connectivity index (χ1v) is 12.0. The molecule has 4 atom stereocenters. The van der Waals surface area contributed by atoms with Crippen molar-refractivity contribution in [3.05, 3.63) is 84.4 Å². The molecule has 0 saturated carbocycles. The van der Waals surface area contributed by atoms with Crippen LogP contribution in [-0.2, 0) is 32.2 Å². The maximum absolute atomic E-state index is 6.47. The third-order valence-electron chi connectivity index (χ3n) is 5.31. The second-order valence-corrected chi connectivity index (χ2v) is 9.12. The minimum Gasteiger partial charge on any atom is -0.469 e. The third-order valence-corrected chi connectivity index (χ3v) is 6.33. The predicted octanol–water partition coefficient (Wildman–Crippen LogP) is 5.56. The summed E-state index contributed by atoms with van der Waals surface area (Å²) in [5, 5.41) is 0. The topological polar surface area (TPSA) is 36.9 Å². The fourth-order valence-corrected chi connectivity index (χ4v) is 4.08. The molecular weight excluding hydrogens is 428 g/mol. The third kappa shape index (κ3) is 6.64. The lowest BCUT2D eigenvalue weighted by Gasteiger charge is -2.31. The molecule has 0 aromatic heterocycles. The molecule has 0 N–H and O–H groups in total. The van der Waals surface area contributed by atoms with E-state index in [1.807, 2.05) is 79.9 Å². The molecule has 3 rings (SSSR count). The quantitative estimate of drug-likeness (QED) is 0.343. The van der Waals surface area contributed by atoms with Crippen LogP contribution in [0.15, 0.2) is 73.3 Å². The molecule has 2 aromatic carbocycles. The molecule has 0 spiro atoms. The van der Waals surface area contributed by atoms with Gasteiger partial charge in [-0.25, -0.2) is 0 Å². The predicted molar refractivity (Wildman–Crippen MR) is 130 cm³/mol. The zero-order chi connectivity index (χ0) is 22.1. The van der Waals surface area contributed by atoms with Crippen molar-refractivity contribution >= 4 is 28.4 Å². The van der Waals surface area contributed by atoms with Crippen molar-refractivity contribution in [2.24, 2.45) is 0 Å². The van der Waals surface area contributed by atoms with E-state index < -0.39 is 5.60 Å². The van der Waals surface area contributed by atoms with Crippen LogP contribution in [0.5, 0.6) is 0 Å². The molecule has 166 valence electrons. The minimum absolute atomic E-state index is 0.285. The van der Waals surface area contributed by atoms with Crippen molar-refractivity contribution in [3.8, 4) is 0 Å². The summed E-state index contributed by atoms with van der Waals surface area (Å²) >= 11 is 6.78. The normalized spacial score (nSPS) is 25.3. The Morgan fingerprint density at radius 2 is 1.71 bits per heavy atom. The second-order valence-electron chi connectivity index (χ2n) is 7.72. The summed E-state index contributed by atoms with van der Waals surface area (Å²) in [5.74, 6) is 0. The molecule has 0 radical (unpaired) electrons. The maximum atomic E-state index is 6.47. The van der Waals surface area contributed by atoms with Crippen molar-refractivity contribution in [1.29, 1.82) is 0 Å². The Balaban J connectivity index is 1.75. The van der Waals surface area contributed by atoms with Gasteiger partial charge in [0.2, 0.25) is 4.38 Å². The van der Waals surface area contributed by atoms with Crippen LogP contribution in [0.4, 0.5) is 0 Å². The van der Waals surface area contributed by atoms with E-state index >= 15 is 0 Å². The molecule has 1 aliphatic heterocycles. The molecule has 0 amide bonds. The molecule has 1 fully saturated rings. The monoisotopic (exact) mass is 458 g/mol. The van der Waals surface area contributed by atoms with E-state index in [4.69, 9.17) is 31.2 Å². The Hall–Kier alpha value is -1.70. The summed E-state index contributed by atoms with van der Waals surface area (Å²) < 4.78 is 25.5. The van der Waals surface area contributed by atoms with Crippen LogP contribution < -0.4 is 0 Å². The highest BCUT2D eigenvalue weighted by atomic mass is 32.2. The molecule has 1 heterocycles. The van der Waals surface area contributed by atoms with Crippen LogP contribution in [-0.4, -0.2) is 41.2 Å². The van der Waals surface area contributed by atoms with Gasteiger partial charge in [-0.05, 0) is 42.9 Å². The molecule has 31 heavy (non-hydrogen) atoms. The summed E-state index contributed by atoms with van der Waals surface area (Å²) in [6, 6.07) is 20.2. The van der Waals surface area contributed by atoms with E-state index in [9.17, 15) is 0 Å². The van der Waals surface area contributed by atoms with E-state index in [0.29, 0.717) is 30.6 Å². The summed E-state index contributed by atoms with van der Waals surface area (Å²) in [6.07, 6.45) is 3.40. The number of ether oxygens (including phenoxy) is 4. The number of thioether (sulfide) groups is 1. The molecular formula is C25H30O4S2.